The molecule has 3 rings (SSSR count). The van der Waals surface area contributed by atoms with Crippen molar-refractivity contribution >= 4 is 5.91 Å². The summed E-state index contributed by atoms with van der Waals surface area (Å²) in [7, 11) is 4.40. The predicted molar refractivity (Wildman–Crippen MR) is 90.8 cm³/mol. The van der Waals surface area contributed by atoms with Crippen LogP contribution in [0.5, 0.6) is 5.75 Å². The van der Waals surface area contributed by atoms with Gasteiger partial charge in [0.2, 0.25) is 0 Å². The minimum atomic E-state index is 0.0417. The van der Waals surface area contributed by atoms with E-state index in [1.54, 1.807) is 19.1 Å². The highest BCUT2D eigenvalue weighted by atomic mass is 16.3. The first-order valence-corrected chi connectivity index (χ1v) is 8.41. The molecule has 2 aliphatic rings. The molecular weight excluding hydrogens is 290 g/mol. The van der Waals surface area contributed by atoms with Crippen molar-refractivity contribution in [3.63, 3.8) is 0 Å². The van der Waals surface area contributed by atoms with Crippen LogP contribution in [0.1, 0.15) is 28.8 Å². The van der Waals surface area contributed by atoms with Gasteiger partial charge in [-0.2, -0.15) is 0 Å². The third-order valence-corrected chi connectivity index (χ3v) is 5.71. The van der Waals surface area contributed by atoms with Crippen LogP contribution in [0.2, 0.25) is 0 Å². The van der Waals surface area contributed by atoms with Crippen LogP contribution in [0.15, 0.2) is 18.2 Å². The Morgan fingerprint density at radius 1 is 1.13 bits per heavy atom. The van der Waals surface area contributed by atoms with E-state index in [0.29, 0.717) is 11.1 Å². The summed E-state index contributed by atoms with van der Waals surface area (Å²) in [5.74, 6) is 0.234. The molecule has 1 aromatic rings. The van der Waals surface area contributed by atoms with E-state index in [2.05, 4.69) is 23.9 Å². The Morgan fingerprint density at radius 3 is 2.52 bits per heavy atom. The van der Waals surface area contributed by atoms with Crippen molar-refractivity contribution in [1.82, 2.24) is 14.7 Å². The van der Waals surface area contributed by atoms with Crippen LogP contribution < -0.4 is 0 Å². The molecule has 2 aliphatic heterocycles. The second kappa shape index (κ2) is 6.13. The van der Waals surface area contributed by atoms with Crippen molar-refractivity contribution in [3.05, 3.63) is 29.3 Å². The first-order valence-electron chi connectivity index (χ1n) is 8.41. The number of amides is 1. The molecule has 0 atom stereocenters. The molecule has 0 saturated carbocycles. The smallest absolute Gasteiger partial charge is 0.254 e. The van der Waals surface area contributed by atoms with E-state index >= 15 is 0 Å². The summed E-state index contributed by atoms with van der Waals surface area (Å²) in [6.07, 6.45) is 2.02. The molecule has 0 unspecified atom stereocenters. The molecule has 2 heterocycles. The Hall–Kier alpha value is -1.59. The van der Waals surface area contributed by atoms with Gasteiger partial charge in [0.15, 0.2) is 0 Å². The fourth-order valence-corrected chi connectivity index (χ4v) is 3.95. The molecule has 0 aliphatic carbocycles. The maximum absolute atomic E-state index is 12.8. The van der Waals surface area contributed by atoms with Gasteiger partial charge in [-0.05, 0) is 46.0 Å². The van der Waals surface area contributed by atoms with Crippen LogP contribution in [-0.4, -0.2) is 78.1 Å². The molecule has 5 heteroatoms. The first kappa shape index (κ1) is 16.3. The van der Waals surface area contributed by atoms with Gasteiger partial charge < -0.3 is 14.9 Å². The summed E-state index contributed by atoms with van der Waals surface area (Å²) < 4.78 is 0. The highest BCUT2D eigenvalue weighted by Crippen LogP contribution is 2.32. The third-order valence-electron chi connectivity index (χ3n) is 5.71. The normalized spacial score (nSPS) is 22.5. The van der Waals surface area contributed by atoms with Gasteiger partial charge in [-0.25, -0.2) is 0 Å². The van der Waals surface area contributed by atoms with Crippen LogP contribution in [-0.2, 0) is 0 Å². The summed E-state index contributed by atoms with van der Waals surface area (Å²) >= 11 is 0. The number of phenolic OH excluding ortho intramolecular Hbond substituents is 1. The summed E-state index contributed by atoms with van der Waals surface area (Å²) in [4.78, 5) is 19.6. The fourth-order valence-electron chi connectivity index (χ4n) is 3.95. The second-order valence-corrected chi connectivity index (χ2v) is 7.13. The Morgan fingerprint density at radius 2 is 1.83 bits per heavy atom. The number of carbonyl (C=O) groups excluding carboxylic acids is 1. The maximum Gasteiger partial charge on any atom is 0.254 e. The molecule has 23 heavy (non-hydrogen) atoms. The molecule has 1 aromatic carbocycles. The first-order chi connectivity index (χ1) is 10.9. The summed E-state index contributed by atoms with van der Waals surface area (Å²) in [5.41, 5.74) is 1.50. The molecule has 2 saturated heterocycles. The summed E-state index contributed by atoms with van der Waals surface area (Å²) in [5, 5.41) is 9.83. The zero-order chi connectivity index (χ0) is 16.6. The number of nitrogens with zero attached hydrogens (tertiary/aromatic N) is 3. The molecule has 2 fully saturated rings. The van der Waals surface area contributed by atoms with E-state index in [-0.39, 0.29) is 17.2 Å². The van der Waals surface area contributed by atoms with E-state index in [1.165, 1.54) is 0 Å². The standard InChI is InChI=1S/C18H27N3O2/c1-14-15(5-4-6-16(14)22)17(23)21-9-7-18(8-10-21)13-19(2)11-12-20(18)3/h4-6,22H,7-13H2,1-3H3. The molecule has 0 bridgehead atoms. The second-order valence-electron chi connectivity index (χ2n) is 7.13. The van der Waals surface area contributed by atoms with E-state index in [1.807, 2.05) is 11.0 Å². The van der Waals surface area contributed by atoms with Crippen molar-refractivity contribution < 1.29 is 9.90 Å². The number of piperazine rings is 1. The summed E-state index contributed by atoms with van der Waals surface area (Å²) in [6, 6.07) is 5.18. The average Bonchev–Trinajstić information content (AvgIpc) is 2.54. The van der Waals surface area contributed by atoms with Gasteiger partial charge in [-0.3, -0.25) is 9.69 Å². The van der Waals surface area contributed by atoms with Crippen LogP contribution in [0.3, 0.4) is 0 Å². The van der Waals surface area contributed by atoms with E-state index in [0.717, 1.165) is 45.6 Å². The number of likely N-dealkylation sites (tertiary alicyclic amines) is 1. The fraction of sp³-hybridized carbons (Fsp3) is 0.611. The number of hydrogen-bond acceptors (Lipinski definition) is 4. The summed E-state index contributed by atoms with van der Waals surface area (Å²) in [6.45, 7) is 6.66. The molecule has 1 N–H and O–H groups in total. The van der Waals surface area contributed by atoms with Crippen molar-refractivity contribution in [3.8, 4) is 5.75 Å². The zero-order valence-electron chi connectivity index (χ0n) is 14.4. The highest BCUT2D eigenvalue weighted by molar-refractivity contribution is 5.96. The van der Waals surface area contributed by atoms with E-state index < -0.39 is 0 Å². The van der Waals surface area contributed by atoms with Crippen LogP contribution >= 0.6 is 0 Å². The average molecular weight is 317 g/mol. The van der Waals surface area contributed by atoms with Crippen LogP contribution in [0, 0.1) is 6.92 Å². The number of likely N-dealkylation sites (N-methyl/N-ethyl adjacent to an activating group) is 2. The number of piperidine rings is 1. The number of benzene rings is 1. The van der Waals surface area contributed by atoms with Crippen molar-refractivity contribution in [2.45, 2.75) is 25.3 Å². The molecule has 1 amide bonds. The lowest BCUT2D eigenvalue weighted by atomic mass is 9.83. The van der Waals surface area contributed by atoms with Crippen molar-refractivity contribution in [2.24, 2.45) is 0 Å². The maximum atomic E-state index is 12.8. The van der Waals surface area contributed by atoms with Gasteiger partial charge in [0.05, 0.1) is 0 Å². The van der Waals surface area contributed by atoms with Crippen molar-refractivity contribution in [1.29, 1.82) is 0 Å². The molecule has 1 spiro atoms. The number of rotatable bonds is 1. The topological polar surface area (TPSA) is 47.0 Å². The minimum Gasteiger partial charge on any atom is -0.508 e. The lowest BCUT2D eigenvalue weighted by molar-refractivity contribution is -0.0157. The molecular formula is C18H27N3O2. The third kappa shape index (κ3) is 2.95. The van der Waals surface area contributed by atoms with Crippen LogP contribution in [0.4, 0.5) is 0 Å². The Labute approximate surface area is 138 Å². The molecule has 0 radical (unpaired) electrons. The lowest BCUT2D eigenvalue weighted by Gasteiger charge is -2.52. The quantitative estimate of drug-likeness (QED) is 0.854. The number of hydrogen-bond donors (Lipinski definition) is 1. The Kier molecular flexibility index (Phi) is 4.34. The zero-order valence-corrected chi connectivity index (χ0v) is 14.4. The minimum absolute atomic E-state index is 0.0417. The van der Waals surface area contributed by atoms with Gasteiger partial charge in [0.1, 0.15) is 5.75 Å². The van der Waals surface area contributed by atoms with Gasteiger partial charge in [0.25, 0.3) is 5.91 Å². The number of carbonyl (C=O) groups is 1. The lowest BCUT2D eigenvalue weighted by Crippen LogP contribution is -2.64. The monoisotopic (exact) mass is 317 g/mol. The molecule has 0 aromatic heterocycles. The van der Waals surface area contributed by atoms with Gasteiger partial charge in [-0.15, -0.1) is 0 Å². The Bertz CT molecular complexity index is 594. The van der Waals surface area contributed by atoms with E-state index in [4.69, 9.17) is 0 Å². The van der Waals surface area contributed by atoms with Gasteiger partial charge in [-0.1, -0.05) is 6.07 Å². The predicted octanol–water partition coefficient (Wildman–Crippen LogP) is 1.55. The number of phenols is 1. The molecule has 5 nitrogen and oxygen atoms in total. The van der Waals surface area contributed by atoms with Crippen molar-refractivity contribution in [2.75, 3.05) is 46.8 Å². The number of aromatic hydroxyl groups is 1. The molecule has 126 valence electrons. The Balaban J connectivity index is 1.71. The highest BCUT2D eigenvalue weighted by Gasteiger charge is 2.42. The van der Waals surface area contributed by atoms with E-state index in [9.17, 15) is 9.90 Å². The largest absolute Gasteiger partial charge is 0.508 e. The van der Waals surface area contributed by atoms with Crippen LogP contribution in [0.25, 0.3) is 0 Å². The SMILES string of the molecule is Cc1c(O)cccc1C(=O)N1CCC2(CC1)CN(C)CCN2C. The van der Waals surface area contributed by atoms with Gasteiger partial charge in [0, 0.05) is 49.4 Å². The van der Waals surface area contributed by atoms with Gasteiger partial charge >= 0.3 is 0 Å².